The summed E-state index contributed by atoms with van der Waals surface area (Å²) in [5.74, 6) is 0.403. The minimum atomic E-state index is -3.47. The van der Waals surface area contributed by atoms with E-state index < -0.39 is 21.4 Å². The van der Waals surface area contributed by atoms with E-state index in [1.54, 1.807) is 6.20 Å². The van der Waals surface area contributed by atoms with Gasteiger partial charge in [-0.15, -0.1) is 0 Å². The van der Waals surface area contributed by atoms with Crippen molar-refractivity contribution < 1.29 is 18.3 Å². The third kappa shape index (κ3) is 3.16. The Bertz CT molecular complexity index is 912. The lowest BCUT2D eigenvalue weighted by Gasteiger charge is -2.38. The van der Waals surface area contributed by atoms with Gasteiger partial charge in [-0.3, -0.25) is 0 Å². The summed E-state index contributed by atoms with van der Waals surface area (Å²) in [6, 6.07) is 3.92. The summed E-state index contributed by atoms with van der Waals surface area (Å²) in [4.78, 5) is 19.4. The maximum absolute atomic E-state index is 12.4. The highest BCUT2D eigenvalue weighted by atomic mass is 32.2. The summed E-state index contributed by atoms with van der Waals surface area (Å²) >= 11 is 0. The van der Waals surface area contributed by atoms with Crippen LogP contribution in [-0.4, -0.2) is 58.9 Å². The molecule has 1 aliphatic heterocycles. The SMILES string of the molecule is O=C(O)N1CC(S(=O)(=O)NC2CCC(c3c[nH]c4ncccc34)CC2)C1. The van der Waals surface area contributed by atoms with E-state index in [1.165, 1.54) is 5.56 Å². The fourth-order valence-electron chi connectivity index (χ4n) is 3.96. The number of carboxylic acid groups (broad SMARTS) is 1. The number of rotatable bonds is 4. The number of hydrogen-bond donors (Lipinski definition) is 3. The summed E-state index contributed by atoms with van der Waals surface area (Å²) in [7, 11) is -3.47. The summed E-state index contributed by atoms with van der Waals surface area (Å²) < 4.78 is 27.6. The molecule has 3 heterocycles. The number of pyridine rings is 1. The van der Waals surface area contributed by atoms with Crippen LogP contribution in [0.1, 0.15) is 37.2 Å². The molecule has 4 rings (SSSR count). The first-order valence-electron chi connectivity index (χ1n) is 8.85. The molecule has 0 spiro atoms. The molecule has 0 unspecified atom stereocenters. The van der Waals surface area contributed by atoms with Crippen molar-refractivity contribution >= 4 is 27.1 Å². The molecule has 9 heteroatoms. The van der Waals surface area contributed by atoms with Crippen molar-refractivity contribution in [1.29, 1.82) is 0 Å². The zero-order chi connectivity index (χ0) is 18.3. The first-order valence-corrected chi connectivity index (χ1v) is 10.4. The van der Waals surface area contributed by atoms with Crippen LogP contribution in [-0.2, 0) is 10.0 Å². The molecule has 1 amide bonds. The number of nitrogens with zero attached hydrogens (tertiary/aromatic N) is 2. The van der Waals surface area contributed by atoms with E-state index in [0.29, 0.717) is 5.92 Å². The largest absolute Gasteiger partial charge is 0.465 e. The smallest absolute Gasteiger partial charge is 0.407 e. The van der Waals surface area contributed by atoms with Gasteiger partial charge in [0, 0.05) is 36.9 Å². The quantitative estimate of drug-likeness (QED) is 0.751. The number of carbonyl (C=O) groups is 1. The second-order valence-electron chi connectivity index (χ2n) is 7.16. The Balaban J connectivity index is 1.35. The Morgan fingerprint density at radius 3 is 2.69 bits per heavy atom. The number of hydrogen-bond acceptors (Lipinski definition) is 4. The van der Waals surface area contributed by atoms with Gasteiger partial charge < -0.3 is 15.0 Å². The molecule has 2 aromatic rings. The second kappa shape index (κ2) is 6.55. The van der Waals surface area contributed by atoms with Crippen LogP contribution < -0.4 is 4.72 Å². The minimum absolute atomic E-state index is 0.0579. The van der Waals surface area contributed by atoms with Gasteiger partial charge in [0.1, 0.15) is 10.9 Å². The molecular formula is C17H22N4O4S. The van der Waals surface area contributed by atoms with Gasteiger partial charge in [0.2, 0.25) is 10.0 Å². The number of aromatic amines is 1. The summed E-state index contributed by atoms with van der Waals surface area (Å²) in [6.45, 7) is 0.116. The van der Waals surface area contributed by atoms with E-state index in [2.05, 4.69) is 20.8 Å². The monoisotopic (exact) mass is 378 g/mol. The van der Waals surface area contributed by atoms with Crippen LogP contribution in [0.25, 0.3) is 11.0 Å². The first kappa shape index (κ1) is 17.3. The van der Waals surface area contributed by atoms with Gasteiger partial charge in [0.25, 0.3) is 0 Å². The topological polar surface area (TPSA) is 115 Å². The highest BCUT2D eigenvalue weighted by molar-refractivity contribution is 7.90. The van der Waals surface area contributed by atoms with E-state index >= 15 is 0 Å². The van der Waals surface area contributed by atoms with Crippen LogP contribution in [0.4, 0.5) is 4.79 Å². The van der Waals surface area contributed by atoms with Crippen molar-refractivity contribution in [3.63, 3.8) is 0 Å². The molecule has 3 N–H and O–H groups in total. The second-order valence-corrected chi connectivity index (χ2v) is 9.16. The summed E-state index contributed by atoms with van der Waals surface area (Å²) in [6.07, 6.45) is 6.12. The van der Waals surface area contributed by atoms with E-state index in [0.717, 1.165) is 41.6 Å². The van der Waals surface area contributed by atoms with Gasteiger partial charge >= 0.3 is 6.09 Å². The molecule has 2 aliphatic rings. The third-order valence-electron chi connectivity index (χ3n) is 5.54. The van der Waals surface area contributed by atoms with Crippen molar-refractivity contribution in [2.45, 2.75) is 42.9 Å². The van der Waals surface area contributed by atoms with Crippen LogP contribution in [0.3, 0.4) is 0 Å². The lowest BCUT2D eigenvalue weighted by molar-refractivity contribution is 0.119. The average Bonchev–Trinajstić information content (AvgIpc) is 2.97. The third-order valence-corrected chi connectivity index (χ3v) is 7.38. The molecule has 1 saturated carbocycles. The minimum Gasteiger partial charge on any atom is -0.465 e. The Morgan fingerprint density at radius 2 is 2.00 bits per heavy atom. The highest BCUT2D eigenvalue weighted by Gasteiger charge is 2.41. The Morgan fingerprint density at radius 1 is 1.27 bits per heavy atom. The lowest BCUT2D eigenvalue weighted by atomic mass is 9.82. The molecule has 8 nitrogen and oxygen atoms in total. The number of amides is 1. The molecule has 0 bridgehead atoms. The molecule has 1 saturated heterocycles. The van der Waals surface area contributed by atoms with Crippen LogP contribution in [0.15, 0.2) is 24.5 Å². The zero-order valence-corrected chi connectivity index (χ0v) is 15.1. The number of likely N-dealkylation sites (tertiary alicyclic amines) is 1. The van der Waals surface area contributed by atoms with Gasteiger partial charge in [-0.25, -0.2) is 22.9 Å². The van der Waals surface area contributed by atoms with Crippen molar-refractivity contribution in [3.8, 4) is 0 Å². The normalized spacial score (nSPS) is 24.5. The van der Waals surface area contributed by atoms with Crippen LogP contribution in [0, 0.1) is 0 Å². The molecule has 2 fully saturated rings. The van der Waals surface area contributed by atoms with Crippen molar-refractivity contribution in [3.05, 3.63) is 30.1 Å². The van der Waals surface area contributed by atoms with E-state index in [-0.39, 0.29) is 19.1 Å². The predicted octanol–water partition coefficient (Wildman–Crippen LogP) is 1.87. The van der Waals surface area contributed by atoms with Gasteiger partial charge in [-0.1, -0.05) is 0 Å². The van der Waals surface area contributed by atoms with Crippen molar-refractivity contribution in [2.24, 2.45) is 0 Å². The predicted molar refractivity (Wildman–Crippen MR) is 96.5 cm³/mol. The zero-order valence-electron chi connectivity index (χ0n) is 14.3. The average molecular weight is 378 g/mol. The van der Waals surface area contributed by atoms with E-state index in [9.17, 15) is 13.2 Å². The standard InChI is InChI=1S/C17H22N4O4S/c22-17(23)21-9-13(10-21)26(24,25)20-12-5-3-11(4-6-12)15-8-19-16-14(15)2-1-7-18-16/h1-2,7-8,11-13,20H,3-6,9-10H2,(H,18,19)(H,22,23). The van der Waals surface area contributed by atoms with Gasteiger partial charge in [-0.05, 0) is 49.3 Å². The number of nitrogens with one attached hydrogen (secondary N) is 2. The number of fused-ring (bicyclic) bond motifs is 1. The maximum Gasteiger partial charge on any atom is 0.407 e. The van der Waals surface area contributed by atoms with Gasteiger partial charge in [0.05, 0.1) is 0 Å². The summed E-state index contributed by atoms with van der Waals surface area (Å²) in [5.41, 5.74) is 2.14. The van der Waals surface area contributed by atoms with E-state index in [1.807, 2.05) is 12.3 Å². The molecule has 140 valence electrons. The van der Waals surface area contributed by atoms with Gasteiger partial charge in [0.15, 0.2) is 0 Å². The molecule has 0 radical (unpaired) electrons. The Hall–Kier alpha value is -2.13. The Labute approximate surface area is 151 Å². The molecule has 0 aromatic carbocycles. The molecule has 26 heavy (non-hydrogen) atoms. The number of H-pyrrole nitrogens is 1. The highest BCUT2D eigenvalue weighted by Crippen LogP contribution is 2.36. The molecular weight excluding hydrogens is 356 g/mol. The fourth-order valence-corrected chi connectivity index (χ4v) is 5.60. The Kier molecular flexibility index (Phi) is 4.36. The van der Waals surface area contributed by atoms with Crippen molar-refractivity contribution in [1.82, 2.24) is 19.6 Å². The van der Waals surface area contributed by atoms with E-state index in [4.69, 9.17) is 5.11 Å². The van der Waals surface area contributed by atoms with Crippen LogP contribution in [0.5, 0.6) is 0 Å². The number of aromatic nitrogens is 2. The van der Waals surface area contributed by atoms with Crippen LogP contribution in [0.2, 0.25) is 0 Å². The number of sulfonamides is 1. The maximum atomic E-state index is 12.4. The molecule has 1 aliphatic carbocycles. The first-order chi connectivity index (χ1) is 12.4. The fraction of sp³-hybridized carbons (Fsp3) is 0.529. The van der Waals surface area contributed by atoms with Gasteiger partial charge in [-0.2, -0.15) is 0 Å². The molecule has 0 atom stereocenters. The summed E-state index contributed by atoms with van der Waals surface area (Å²) in [5, 5.41) is 9.35. The molecule has 2 aromatic heterocycles. The van der Waals surface area contributed by atoms with Crippen LogP contribution >= 0.6 is 0 Å². The van der Waals surface area contributed by atoms with Crippen molar-refractivity contribution in [2.75, 3.05) is 13.1 Å². The lowest BCUT2D eigenvalue weighted by Crippen LogP contribution is -2.60.